The molecule has 3 aromatic rings. The number of nitro benzene ring substituents is 1. The van der Waals surface area contributed by atoms with Crippen LogP contribution in [0.3, 0.4) is 0 Å². The fraction of sp³-hybridized carbons (Fsp3) is 0.200. The number of non-ortho nitro benzene ring substituents is 1. The zero-order chi connectivity index (χ0) is 19.9. The lowest BCUT2D eigenvalue weighted by atomic mass is 10.1. The molecule has 0 unspecified atom stereocenters. The Kier molecular flexibility index (Phi) is 6.33. The van der Waals surface area contributed by atoms with E-state index in [0.29, 0.717) is 16.8 Å². The van der Waals surface area contributed by atoms with Gasteiger partial charge >= 0.3 is 5.97 Å². The fourth-order valence-corrected chi connectivity index (χ4v) is 3.60. The van der Waals surface area contributed by atoms with Crippen LogP contribution in [0.2, 0.25) is 0 Å². The van der Waals surface area contributed by atoms with Crippen molar-refractivity contribution >= 4 is 39.0 Å². The van der Waals surface area contributed by atoms with Crippen LogP contribution in [0.4, 0.5) is 5.69 Å². The first kappa shape index (κ1) is 19.5. The van der Waals surface area contributed by atoms with Gasteiger partial charge in [-0.05, 0) is 30.5 Å². The van der Waals surface area contributed by atoms with E-state index in [0.717, 1.165) is 17.5 Å². The molecule has 0 saturated heterocycles. The van der Waals surface area contributed by atoms with Crippen molar-refractivity contribution in [2.75, 3.05) is 13.2 Å². The molecule has 0 aliphatic heterocycles. The summed E-state index contributed by atoms with van der Waals surface area (Å²) in [7, 11) is 0. The maximum absolute atomic E-state index is 12.1. The Labute approximate surface area is 165 Å². The highest BCUT2D eigenvalue weighted by atomic mass is 32.1. The van der Waals surface area contributed by atoms with E-state index < -0.39 is 10.9 Å². The minimum absolute atomic E-state index is 0.0416. The fourth-order valence-electron chi connectivity index (χ4n) is 2.66. The van der Waals surface area contributed by atoms with Gasteiger partial charge in [-0.2, -0.15) is 0 Å². The van der Waals surface area contributed by atoms with Crippen LogP contribution in [0.5, 0.6) is 0 Å². The number of amides is 1. The largest absolute Gasteiger partial charge is 0.451 e. The molecule has 8 heteroatoms. The van der Waals surface area contributed by atoms with Gasteiger partial charge in [0.1, 0.15) is 4.88 Å². The Hall–Kier alpha value is -3.26. The molecule has 1 heterocycles. The van der Waals surface area contributed by atoms with E-state index in [1.165, 1.54) is 35.1 Å². The first-order valence-electron chi connectivity index (χ1n) is 8.68. The minimum atomic E-state index is -0.622. The van der Waals surface area contributed by atoms with Crippen LogP contribution in [0.15, 0.2) is 54.6 Å². The average Bonchev–Trinajstić information content (AvgIpc) is 3.13. The zero-order valence-electron chi connectivity index (χ0n) is 14.9. The van der Waals surface area contributed by atoms with Gasteiger partial charge in [-0.15, -0.1) is 11.3 Å². The van der Waals surface area contributed by atoms with Crippen LogP contribution in [0.25, 0.3) is 10.1 Å². The van der Waals surface area contributed by atoms with Crippen molar-refractivity contribution in [3.05, 3.63) is 75.2 Å². The van der Waals surface area contributed by atoms with Crippen molar-refractivity contribution in [1.29, 1.82) is 0 Å². The second kappa shape index (κ2) is 9.09. The molecule has 3 rings (SSSR count). The van der Waals surface area contributed by atoms with Crippen LogP contribution >= 0.6 is 11.3 Å². The molecule has 2 aromatic carbocycles. The minimum Gasteiger partial charge on any atom is -0.451 e. The van der Waals surface area contributed by atoms with E-state index in [1.54, 1.807) is 6.07 Å². The van der Waals surface area contributed by atoms with Gasteiger partial charge < -0.3 is 10.1 Å². The van der Waals surface area contributed by atoms with E-state index in [4.69, 9.17) is 4.74 Å². The second-order valence-electron chi connectivity index (χ2n) is 6.11. The summed E-state index contributed by atoms with van der Waals surface area (Å²) in [5.41, 5.74) is 1.16. The van der Waals surface area contributed by atoms with Crippen molar-refractivity contribution in [1.82, 2.24) is 5.32 Å². The first-order chi connectivity index (χ1) is 13.5. The highest BCUT2D eigenvalue weighted by Crippen LogP contribution is 2.29. The quantitative estimate of drug-likeness (QED) is 0.270. The third-order valence-corrected chi connectivity index (χ3v) is 5.15. The summed E-state index contributed by atoms with van der Waals surface area (Å²) in [4.78, 5) is 34.6. The molecule has 0 aliphatic carbocycles. The number of aryl methyl sites for hydroxylation is 1. The Balaban J connectivity index is 1.45. The number of hydrogen-bond acceptors (Lipinski definition) is 6. The maximum Gasteiger partial charge on any atom is 0.348 e. The zero-order valence-corrected chi connectivity index (χ0v) is 15.7. The molecule has 0 saturated carbocycles. The van der Waals surface area contributed by atoms with Crippen LogP contribution in [-0.4, -0.2) is 30.0 Å². The highest BCUT2D eigenvalue weighted by Gasteiger charge is 2.15. The monoisotopic (exact) mass is 398 g/mol. The Morgan fingerprint density at radius 3 is 2.64 bits per heavy atom. The maximum atomic E-state index is 12.1. The molecule has 1 amide bonds. The molecular formula is C20H18N2O5S. The number of fused-ring (bicyclic) bond motifs is 1. The van der Waals surface area contributed by atoms with Gasteiger partial charge in [0.25, 0.3) is 11.6 Å². The highest BCUT2D eigenvalue weighted by molar-refractivity contribution is 7.20. The molecule has 1 N–H and O–H groups in total. The number of carbonyl (C=O) groups is 2. The topological polar surface area (TPSA) is 98.5 Å². The van der Waals surface area contributed by atoms with Crippen LogP contribution in [0, 0.1) is 10.1 Å². The number of hydrogen-bond donors (Lipinski definition) is 1. The van der Waals surface area contributed by atoms with Crippen molar-refractivity contribution in [3.63, 3.8) is 0 Å². The van der Waals surface area contributed by atoms with Gasteiger partial charge in [0.15, 0.2) is 6.61 Å². The number of nitrogens with zero attached hydrogens (tertiary/aromatic N) is 1. The van der Waals surface area contributed by atoms with Gasteiger partial charge in [0.05, 0.1) is 4.92 Å². The lowest BCUT2D eigenvalue weighted by molar-refractivity contribution is -0.384. The number of benzene rings is 2. The Morgan fingerprint density at radius 1 is 1.11 bits per heavy atom. The molecule has 1 aromatic heterocycles. The van der Waals surface area contributed by atoms with Crippen molar-refractivity contribution in [3.8, 4) is 0 Å². The summed E-state index contributed by atoms with van der Waals surface area (Å²) in [5, 5.41) is 14.1. The number of esters is 1. The van der Waals surface area contributed by atoms with Crippen LogP contribution in [-0.2, 0) is 16.0 Å². The number of nitro groups is 1. The summed E-state index contributed by atoms with van der Waals surface area (Å²) in [6, 6.07) is 15.9. The van der Waals surface area contributed by atoms with E-state index in [2.05, 4.69) is 5.32 Å². The third-order valence-electron chi connectivity index (χ3n) is 4.05. The molecule has 0 atom stereocenters. The number of thiophene rings is 1. The van der Waals surface area contributed by atoms with Gasteiger partial charge in [-0.3, -0.25) is 14.9 Å². The summed E-state index contributed by atoms with van der Waals surface area (Å²) >= 11 is 1.17. The predicted molar refractivity (Wildman–Crippen MR) is 107 cm³/mol. The van der Waals surface area contributed by atoms with E-state index in [1.807, 2.05) is 30.3 Å². The smallest absolute Gasteiger partial charge is 0.348 e. The second-order valence-corrected chi connectivity index (χ2v) is 7.19. The first-order valence-corrected chi connectivity index (χ1v) is 9.50. The van der Waals surface area contributed by atoms with Gasteiger partial charge in [-0.1, -0.05) is 30.3 Å². The molecule has 0 fully saturated rings. The van der Waals surface area contributed by atoms with Gasteiger partial charge in [-0.25, -0.2) is 4.79 Å². The van der Waals surface area contributed by atoms with E-state index in [-0.39, 0.29) is 18.2 Å². The summed E-state index contributed by atoms with van der Waals surface area (Å²) < 4.78 is 5.78. The Bertz CT molecular complexity index is 1000. The van der Waals surface area contributed by atoms with E-state index >= 15 is 0 Å². The molecule has 28 heavy (non-hydrogen) atoms. The van der Waals surface area contributed by atoms with Crippen molar-refractivity contribution < 1.29 is 19.2 Å². The molecule has 0 spiro atoms. The number of ether oxygens (including phenoxy) is 1. The summed E-state index contributed by atoms with van der Waals surface area (Å²) in [5.74, 6) is -0.985. The van der Waals surface area contributed by atoms with Crippen LogP contribution < -0.4 is 5.32 Å². The molecule has 144 valence electrons. The van der Waals surface area contributed by atoms with Crippen LogP contribution in [0.1, 0.15) is 21.7 Å². The summed E-state index contributed by atoms with van der Waals surface area (Å²) in [6.07, 6.45) is 1.65. The Morgan fingerprint density at radius 2 is 1.89 bits per heavy atom. The average molecular weight is 398 g/mol. The summed E-state index contributed by atoms with van der Waals surface area (Å²) in [6.45, 7) is 0.135. The lowest BCUT2D eigenvalue weighted by Gasteiger charge is -2.06. The standard InChI is InChI=1S/C20H18N2O5S/c23-19(21-10-4-7-14-5-2-1-3-6-14)13-27-20(24)18-12-15-11-16(22(25)26)8-9-17(15)28-18/h1-3,5-6,8-9,11-12H,4,7,10,13H2,(H,21,23). The molecule has 7 nitrogen and oxygen atoms in total. The third kappa shape index (κ3) is 5.14. The predicted octanol–water partition coefficient (Wildman–Crippen LogP) is 3.72. The molecular weight excluding hydrogens is 380 g/mol. The van der Waals surface area contributed by atoms with Gasteiger partial charge in [0, 0.05) is 28.8 Å². The molecule has 0 bridgehead atoms. The number of carbonyl (C=O) groups excluding carboxylic acids is 2. The van der Waals surface area contributed by atoms with Crippen molar-refractivity contribution in [2.24, 2.45) is 0 Å². The SMILES string of the molecule is O=C(COC(=O)c1cc2cc([N+](=O)[O-])ccc2s1)NCCCc1ccccc1. The number of rotatable bonds is 8. The van der Waals surface area contributed by atoms with Gasteiger partial charge in [0.2, 0.25) is 0 Å². The molecule has 0 radical (unpaired) electrons. The van der Waals surface area contributed by atoms with Crippen molar-refractivity contribution in [2.45, 2.75) is 12.8 Å². The molecule has 0 aliphatic rings. The normalized spacial score (nSPS) is 10.6. The van der Waals surface area contributed by atoms with E-state index in [9.17, 15) is 19.7 Å². The lowest BCUT2D eigenvalue weighted by Crippen LogP contribution is -2.29. The number of nitrogens with one attached hydrogen (secondary N) is 1.